The first-order valence-corrected chi connectivity index (χ1v) is 8.12. The van der Waals surface area contributed by atoms with Gasteiger partial charge in [0, 0.05) is 15.5 Å². The first kappa shape index (κ1) is 16.5. The molecule has 0 aliphatic carbocycles. The van der Waals surface area contributed by atoms with E-state index in [9.17, 15) is 0 Å². The van der Waals surface area contributed by atoms with Crippen molar-refractivity contribution in [3.63, 3.8) is 0 Å². The van der Waals surface area contributed by atoms with E-state index in [-0.39, 0.29) is 6.04 Å². The SMILES string of the molecule is Cc1cc(C)cc(CC(Cc2ccc(Br)cc2Cl)NN)c1. The van der Waals surface area contributed by atoms with E-state index in [0.717, 1.165) is 27.9 Å². The zero-order valence-corrected chi connectivity index (χ0v) is 14.6. The molecule has 0 bridgehead atoms. The number of hydrazine groups is 1. The molecule has 0 aliphatic rings. The second kappa shape index (κ2) is 7.41. The Balaban J connectivity index is 2.12. The molecule has 0 saturated heterocycles. The number of nitrogens with one attached hydrogen (secondary N) is 1. The molecule has 0 amide bonds. The van der Waals surface area contributed by atoms with E-state index < -0.39 is 0 Å². The molecule has 0 fully saturated rings. The molecule has 2 aromatic rings. The number of halogens is 2. The zero-order chi connectivity index (χ0) is 15.4. The smallest absolute Gasteiger partial charge is 0.0449 e. The fraction of sp³-hybridized carbons (Fsp3) is 0.294. The molecule has 0 saturated carbocycles. The maximum absolute atomic E-state index is 6.29. The molecule has 0 aliphatic heterocycles. The summed E-state index contributed by atoms with van der Waals surface area (Å²) in [6.45, 7) is 4.24. The lowest BCUT2D eigenvalue weighted by Gasteiger charge is -2.17. The summed E-state index contributed by atoms with van der Waals surface area (Å²) in [6.07, 6.45) is 1.68. The molecular weight excluding hydrogens is 348 g/mol. The highest BCUT2D eigenvalue weighted by Crippen LogP contribution is 2.23. The largest absolute Gasteiger partial charge is 0.271 e. The van der Waals surface area contributed by atoms with Crippen LogP contribution in [-0.4, -0.2) is 6.04 Å². The molecule has 1 atom stereocenters. The van der Waals surface area contributed by atoms with Gasteiger partial charge in [-0.1, -0.05) is 62.9 Å². The Bertz CT molecular complexity index is 608. The lowest BCUT2D eigenvalue weighted by Crippen LogP contribution is -2.38. The third kappa shape index (κ3) is 4.82. The van der Waals surface area contributed by atoms with Gasteiger partial charge in [0.1, 0.15) is 0 Å². The molecule has 112 valence electrons. The van der Waals surface area contributed by atoms with Crippen LogP contribution in [0.3, 0.4) is 0 Å². The minimum Gasteiger partial charge on any atom is -0.271 e. The van der Waals surface area contributed by atoms with Gasteiger partial charge in [-0.15, -0.1) is 0 Å². The van der Waals surface area contributed by atoms with Crippen LogP contribution < -0.4 is 11.3 Å². The van der Waals surface area contributed by atoms with Crippen molar-refractivity contribution in [2.24, 2.45) is 5.84 Å². The molecule has 0 heterocycles. The van der Waals surface area contributed by atoms with Crippen LogP contribution in [0.1, 0.15) is 22.3 Å². The van der Waals surface area contributed by atoms with Gasteiger partial charge in [-0.05, 0) is 49.9 Å². The number of hydrogen-bond acceptors (Lipinski definition) is 2. The van der Waals surface area contributed by atoms with E-state index in [4.69, 9.17) is 17.4 Å². The number of benzene rings is 2. The number of aryl methyl sites for hydroxylation is 2. The lowest BCUT2D eigenvalue weighted by molar-refractivity contribution is 0.522. The van der Waals surface area contributed by atoms with Gasteiger partial charge in [-0.2, -0.15) is 0 Å². The predicted molar refractivity (Wildman–Crippen MR) is 93.6 cm³/mol. The Hall–Kier alpha value is -0.870. The van der Waals surface area contributed by atoms with E-state index in [1.165, 1.54) is 16.7 Å². The van der Waals surface area contributed by atoms with Crippen LogP contribution in [0.5, 0.6) is 0 Å². The average Bonchev–Trinajstić information content (AvgIpc) is 2.39. The molecule has 2 aromatic carbocycles. The maximum atomic E-state index is 6.29. The molecule has 21 heavy (non-hydrogen) atoms. The lowest BCUT2D eigenvalue weighted by atomic mass is 9.97. The van der Waals surface area contributed by atoms with Crippen molar-refractivity contribution < 1.29 is 0 Å². The van der Waals surface area contributed by atoms with Gasteiger partial charge in [0.25, 0.3) is 0 Å². The molecule has 0 radical (unpaired) electrons. The van der Waals surface area contributed by atoms with Crippen molar-refractivity contribution in [3.8, 4) is 0 Å². The van der Waals surface area contributed by atoms with E-state index in [1.54, 1.807) is 0 Å². The Kier molecular flexibility index (Phi) is 5.82. The molecule has 4 heteroatoms. The van der Waals surface area contributed by atoms with Crippen molar-refractivity contribution >= 4 is 27.5 Å². The summed E-state index contributed by atoms with van der Waals surface area (Å²) in [5, 5.41) is 0.769. The van der Waals surface area contributed by atoms with Crippen LogP contribution >= 0.6 is 27.5 Å². The van der Waals surface area contributed by atoms with Gasteiger partial charge in [0.15, 0.2) is 0 Å². The Morgan fingerprint density at radius 1 is 1.10 bits per heavy atom. The van der Waals surface area contributed by atoms with Crippen LogP contribution in [0.4, 0.5) is 0 Å². The zero-order valence-electron chi connectivity index (χ0n) is 12.3. The van der Waals surface area contributed by atoms with Gasteiger partial charge in [0.05, 0.1) is 0 Å². The molecule has 2 nitrogen and oxygen atoms in total. The molecule has 2 rings (SSSR count). The molecule has 1 unspecified atom stereocenters. The fourth-order valence-electron chi connectivity index (χ4n) is 2.61. The summed E-state index contributed by atoms with van der Waals surface area (Å²) in [6, 6.07) is 12.7. The Morgan fingerprint density at radius 2 is 1.76 bits per heavy atom. The van der Waals surface area contributed by atoms with Gasteiger partial charge >= 0.3 is 0 Å². The summed E-state index contributed by atoms with van der Waals surface area (Å²) in [5.74, 6) is 5.72. The summed E-state index contributed by atoms with van der Waals surface area (Å²) in [5.41, 5.74) is 7.87. The first-order chi connectivity index (χ1) is 9.97. The molecular formula is C17H20BrClN2. The van der Waals surface area contributed by atoms with Crippen LogP contribution in [0.25, 0.3) is 0 Å². The van der Waals surface area contributed by atoms with Crippen molar-refractivity contribution in [1.82, 2.24) is 5.43 Å². The van der Waals surface area contributed by atoms with E-state index >= 15 is 0 Å². The van der Waals surface area contributed by atoms with Crippen LogP contribution in [0.15, 0.2) is 40.9 Å². The Labute approximate surface area is 139 Å². The normalized spacial score (nSPS) is 12.4. The van der Waals surface area contributed by atoms with Crippen molar-refractivity contribution in [3.05, 3.63) is 68.1 Å². The van der Waals surface area contributed by atoms with Crippen LogP contribution in [0, 0.1) is 13.8 Å². The van der Waals surface area contributed by atoms with E-state index in [0.29, 0.717) is 0 Å². The summed E-state index contributed by atoms with van der Waals surface area (Å²) in [4.78, 5) is 0. The summed E-state index contributed by atoms with van der Waals surface area (Å²) in [7, 11) is 0. The Morgan fingerprint density at radius 3 is 2.33 bits per heavy atom. The van der Waals surface area contributed by atoms with Gasteiger partial charge in [-0.3, -0.25) is 11.3 Å². The van der Waals surface area contributed by atoms with E-state index in [1.807, 2.05) is 18.2 Å². The van der Waals surface area contributed by atoms with Gasteiger partial charge in [-0.25, -0.2) is 0 Å². The second-order valence-corrected chi connectivity index (χ2v) is 6.83. The fourth-order valence-corrected chi connectivity index (χ4v) is 3.36. The van der Waals surface area contributed by atoms with Crippen molar-refractivity contribution in [1.29, 1.82) is 0 Å². The quantitative estimate of drug-likeness (QED) is 0.609. The third-order valence-corrected chi connectivity index (χ3v) is 4.33. The third-order valence-electron chi connectivity index (χ3n) is 3.48. The predicted octanol–water partition coefficient (Wildman–Crippen LogP) is 4.34. The van der Waals surface area contributed by atoms with E-state index in [2.05, 4.69) is 53.4 Å². The topological polar surface area (TPSA) is 38.0 Å². The standard InChI is InChI=1S/C17H20BrClN2/c1-11-5-12(2)7-13(6-11)8-16(21-20)9-14-3-4-15(18)10-17(14)19/h3-7,10,16,21H,8-9,20H2,1-2H3. The number of nitrogens with two attached hydrogens (primary N) is 1. The highest BCUT2D eigenvalue weighted by molar-refractivity contribution is 9.10. The minimum absolute atomic E-state index is 0.157. The maximum Gasteiger partial charge on any atom is 0.0449 e. The summed E-state index contributed by atoms with van der Waals surface area (Å²) < 4.78 is 0.989. The van der Waals surface area contributed by atoms with Gasteiger partial charge < -0.3 is 0 Å². The monoisotopic (exact) mass is 366 g/mol. The molecule has 0 aromatic heterocycles. The van der Waals surface area contributed by atoms with Gasteiger partial charge in [0.2, 0.25) is 0 Å². The molecule has 0 spiro atoms. The minimum atomic E-state index is 0.157. The second-order valence-electron chi connectivity index (χ2n) is 5.50. The molecule has 3 N–H and O–H groups in total. The van der Waals surface area contributed by atoms with Crippen molar-refractivity contribution in [2.75, 3.05) is 0 Å². The highest BCUT2D eigenvalue weighted by Gasteiger charge is 2.12. The number of hydrogen-bond donors (Lipinski definition) is 2. The average molecular weight is 368 g/mol. The summed E-state index contributed by atoms with van der Waals surface area (Å²) >= 11 is 9.71. The highest BCUT2D eigenvalue weighted by atomic mass is 79.9. The van der Waals surface area contributed by atoms with Crippen LogP contribution in [-0.2, 0) is 12.8 Å². The first-order valence-electron chi connectivity index (χ1n) is 6.95. The van der Waals surface area contributed by atoms with Crippen LogP contribution in [0.2, 0.25) is 5.02 Å². The van der Waals surface area contributed by atoms with Crippen molar-refractivity contribution in [2.45, 2.75) is 32.7 Å². The number of rotatable bonds is 5.